The van der Waals surface area contributed by atoms with E-state index in [4.69, 9.17) is 46.5 Å². The second-order valence-electron chi connectivity index (χ2n) is 16.5. The molecule has 34 nitrogen and oxygen atoms in total. The van der Waals surface area contributed by atoms with Crippen LogP contribution in [0.25, 0.3) is 0 Å². The maximum Gasteiger partial charge on any atom is 0.472 e. The molecule has 3 aromatic rings. The van der Waals surface area contributed by atoms with Gasteiger partial charge in [-0.25, -0.2) is 23.3 Å². The molecular weight excluding hydrogens is 1080 g/mol. The summed E-state index contributed by atoms with van der Waals surface area (Å²) in [6.07, 6.45) is -19.9. The molecule has 422 valence electrons. The zero-order valence-corrected chi connectivity index (χ0v) is 41.9. The smallest absolute Gasteiger partial charge is 0.472 e. The number of rotatable bonds is 26. The number of amides is 3. The summed E-state index contributed by atoms with van der Waals surface area (Å²) >= 11 is 0. The molecule has 0 radical (unpaired) electrons. The van der Waals surface area contributed by atoms with Crippen molar-refractivity contribution in [1.82, 2.24) is 44.6 Å². The van der Waals surface area contributed by atoms with Crippen molar-refractivity contribution in [3.05, 3.63) is 99.3 Å². The predicted octanol–water partition coefficient (Wildman–Crippen LogP) is -6.08. The van der Waals surface area contributed by atoms with Gasteiger partial charge in [-0.15, -0.1) is 0 Å². The van der Waals surface area contributed by atoms with Gasteiger partial charge in [0.05, 0.1) is 46.1 Å². The molecule has 3 aromatic heterocycles. The summed E-state index contributed by atoms with van der Waals surface area (Å²) < 4.78 is 102. The van der Waals surface area contributed by atoms with Crippen LogP contribution in [0.1, 0.15) is 37.9 Å². The summed E-state index contributed by atoms with van der Waals surface area (Å²) in [5.74, 6) is -5.34. The van der Waals surface area contributed by atoms with Crippen LogP contribution in [-0.2, 0) is 70.0 Å². The summed E-state index contributed by atoms with van der Waals surface area (Å²) in [7, 11) is -7.85. The SMILES string of the molecule is CNC(=O)CCO[C@H]1C(O)[C@@H](COP(=O)([O-])OC2[C@@H](COP(=O)(O)OC3[C@@H](CO)O[C@@H](n4ccc(=O)[nH]c4=O)[C@]3(F)OCCC(=O)NC)O[C@@H](n3ccc(=O)[nH]c3=O)[C@H]2OCCC(=O)NC)O[C@H]1n1ccc(=O)[nH]c1=O. The third-order valence-corrected chi connectivity index (χ3v) is 13.5. The van der Waals surface area contributed by atoms with Crippen molar-refractivity contribution in [3.63, 3.8) is 0 Å². The van der Waals surface area contributed by atoms with E-state index in [1.165, 1.54) is 21.1 Å². The number of phosphoric acid groups is 2. The topological polar surface area (TPSA) is 462 Å². The first-order valence-electron chi connectivity index (χ1n) is 22.6. The lowest BCUT2D eigenvalue weighted by molar-refractivity contribution is -0.237. The second kappa shape index (κ2) is 25.6. The number of aromatic nitrogens is 6. The van der Waals surface area contributed by atoms with Gasteiger partial charge in [-0.05, 0) is 0 Å². The Morgan fingerprint density at radius 1 is 0.684 bits per heavy atom. The number of aliphatic hydroxyl groups excluding tert-OH is 2. The molecule has 3 saturated heterocycles. The molecule has 5 unspecified atom stereocenters. The van der Waals surface area contributed by atoms with Crippen LogP contribution >= 0.6 is 15.6 Å². The van der Waals surface area contributed by atoms with Gasteiger partial charge in [-0.1, -0.05) is 0 Å². The van der Waals surface area contributed by atoms with Gasteiger partial charge >= 0.3 is 24.9 Å². The maximum atomic E-state index is 17.4. The number of halogens is 1. The van der Waals surface area contributed by atoms with Crippen LogP contribution in [0.5, 0.6) is 0 Å². The highest BCUT2D eigenvalue weighted by Gasteiger charge is 2.63. The largest absolute Gasteiger partial charge is 0.756 e. The second-order valence-corrected chi connectivity index (χ2v) is 19.2. The lowest BCUT2D eigenvalue weighted by atomic mass is 10.1. The van der Waals surface area contributed by atoms with Gasteiger partial charge in [0.25, 0.3) is 30.4 Å². The quantitative estimate of drug-likeness (QED) is 0.0338. The van der Waals surface area contributed by atoms with E-state index in [2.05, 4.69) is 16.0 Å². The number of hydrogen-bond acceptors (Lipinski definition) is 24. The molecule has 3 fully saturated rings. The van der Waals surface area contributed by atoms with Crippen LogP contribution < -0.4 is 54.6 Å². The zero-order valence-electron chi connectivity index (χ0n) is 40.1. The molecule has 9 N–H and O–H groups in total. The minimum atomic E-state index is -5.88. The Kier molecular flexibility index (Phi) is 20.1. The number of nitrogens with zero attached hydrogens (tertiary/aromatic N) is 3. The molecule has 3 aliphatic heterocycles. The summed E-state index contributed by atoms with van der Waals surface area (Å²) in [5, 5.41) is 28.5. The van der Waals surface area contributed by atoms with Gasteiger partial charge in [-0.2, -0.15) is 0 Å². The average Bonchev–Trinajstić information content (AvgIpc) is 3.97. The highest BCUT2D eigenvalue weighted by atomic mass is 31.2. The van der Waals surface area contributed by atoms with Gasteiger partial charge in [0, 0.05) is 70.8 Å². The Hall–Kier alpha value is -5.72. The first-order valence-corrected chi connectivity index (χ1v) is 25.6. The van der Waals surface area contributed by atoms with Gasteiger partial charge in [-0.3, -0.25) is 71.0 Å². The molecule has 3 aliphatic rings. The molecule has 0 spiro atoms. The predicted molar refractivity (Wildman–Crippen MR) is 243 cm³/mol. The van der Waals surface area contributed by atoms with Crippen molar-refractivity contribution in [3.8, 4) is 0 Å². The van der Waals surface area contributed by atoms with Gasteiger partial charge in [0.1, 0.15) is 42.7 Å². The molecular formula is C39H53FN9O25P2-. The fourth-order valence-corrected chi connectivity index (χ4v) is 9.75. The zero-order chi connectivity index (χ0) is 55.7. The minimum absolute atomic E-state index is 0.243. The van der Waals surface area contributed by atoms with E-state index in [1.54, 1.807) is 0 Å². The molecule has 6 rings (SSSR count). The van der Waals surface area contributed by atoms with Gasteiger partial charge in [0.15, 0.2) is 24.8 Å². The molecule has 37 heteroatoms. The van der Waals surface area contributed by atoms with Crippen LogP contribution in [0.4, 0.5) is 4.39 Å². The average molecular weight is 1130 g/mol. The fourth-order valence-electron chi connectivity index (χ4n) is 7.85. The Labute approximate surface area is 424 Å². The molecule has 76 heavy (non-hydrogen) atoms. The van der Waals surface area contributed by atoms with E-state index in [1.807, 2.05) is 15.0 Å². The van der Waals surface area contributed by atoms with Gasteiger partial charge in [0.2, 0.25) is 17.7 Å². The number of phosphoric ester groups is 2. The third-order valence-electron chi connectivity index (χ3n) is 11.6. The maximum absolute atomic E-state index is 17.4. The number of hydrogen-bond donors (Lipinski definition) is 9. The number of aliphatic hydroxyl groups is 2. The summed E-state index contributed by atoms with van der Waals surface area (Å²) in [4.78, 5) is 141. The fraction of sp³-hybridized carbons (Fsp3) is 0.615. The molecule has 0 saturated carbocycles. The molecule has 0 bridgehead atoms. The Morgan fingerprint density at radius 2 is 1.14 bits per heavy atom. The first-order chi connectivity index (χ1) is 35.9. The van der Waals surface area contributed by atoms with Crippen LogP contribution in [-0.4, -0.2) is 177 Å². The number of nitrogens with one attached hydrogen (secondary N) is 6. The van der Waals surface area contributed by atoms with Crippen LogP contribution in [0.3, 0.4) is 0 Å². The van der Waals surface area contributed by atoms with Crippen molar-refractivity contribution in [2.45, 2.75) is 92.6 Å². The molecule has 0 aliphatic carbocycles. The van der Waals surface area contributed by atoms with E-state index >= 15 is 4.39 Å². The lowest BCUT2D eigenvalue weighted by Crippen LogP contribution is -2.49. The lowest BCUT2D eigenvalue weighted by Gasteiger charge is -2.33. The van der Waals surface area contributed by atoms with Crippen molar-refractivity contribution < 1.29 is 94.4 Å². The number of carbonyl (C=O) groups excluding carboxylic acids is 3. The van der Waals surface area contributed by atoms with Crippen molar-refractivity contribution >= 4 is 33.4 Å². The van der Waals surface area contributed by atoms with Crippen LogP contribution in [0.2, 0.25) is 0 Å². The standard InChI is InChI=1S/C39H54FN9O25P2/c1-41-22(51)7-13-65-30-28(57)20(70-33(30)47-10-4-25(54)44-36(47)58)17-68-75(61,62)73-29-21(71-34(31(29)66-14-8-23(52)42-2)48-11-5-26(55)45-37(48)59)18-69-76(63,64)74-32-19(16-50)72-35(49-12-6-27(56)46-38(49)60)39(32,40)67-15-9-24(53)43-3/h4-6,10-12,19-21,28-35,50,57H,7-9,13-18H2,1-3H3,(H,41,51)(H,42,52)(H,43,53)(H,61,62)(H,63,64)(H,44,54,58)(H,45,55,59)(H,46,56,60)/p-1/t19-,20-,21-,28?,29?,30+,31+,32?,33-,34-,35-,39-/m1/s1. The van der Waals surface area contributed by atoms with E-state index in [0.29, 0.717) is 9.13 Å². The Bertz CT molecular complexity index is 3010. The number of carbonyl (C=O) groups is 3. The Morgan fingerprint density at radius 3 is 1.64 bits per heavy atom. The van der Waals surface area contributed by atoms with Crippen molar-refractivity contribution in [2.75, 3.05) is 60.8 Å². The summed E-state index contributed by atoms with van der Waals surface area (Å²) in [5.41, 5.74) is -6.16. The van der Waals surface area contributed by atoms with Crippen molar-refractivity contribution in [2.24, 2.45) is 0 Å². The molecule has 0 aromatic carbocycles. The molecule has 6 heterocycles. The number of aromatic amines is 3. The number of alkyl halides is 1. The summed E-state index contributed by atoms with van der Waals surface area (Å²) in [6, 6.07) is 2.55. The van der Waals surface area contributed by atoms with E-state index in [9.17, 15) is 72.3 Å². The first kappa shape index (κ1) is 59.5. The highest BCUT2D eigenvalue weighted by Crippen LogP contribution is 2.54. The molecule has 14 atom stereocenters. The third kappa shape index (κ3) is 14.4. The molecule has 3 amide bonds. The van der Waals surface area contributed by atoms with Crippen molar-refractivity contribution in [1.29, 1.82) is 0 Å². The van der Waals surface area contributed by atoms with E-state index in [-0.39, 0.29) is 13.0 Å². The summed E-state index contributed by atoms with van der Waals surface area (Å²) in [6.45, 7) is -5.38. The highest BCUT2D eigenvalue weighted by molar-refractivity contribution is 7.47. The van der Waals surface area contributed by atoms with E-state index in [0.717, 1.165) is 41.4 Å². The minimum Gasteiger partial charge on any atom is -0.756 e. The number of ether oxygens (including phenoxy) is 6. The van der Waals surface area contributed by atoms with Crippen LogP contribution in [0.15, 0.2) is 65.6 Å². The van der Waals surface area contributed by atoms with E-state index < -0.39 is 186 Å². The monoisotopic (exact) mass is 1130 g/mol. The number of H-pyrrole nitrogens is 3. The Balaban J connectivity index is 1.29. The normalized spacial score (nSPS) is 28.9. The van der Waals surface area contributed by atoms with Gasteiger partial charge < -0.3 is 73.4 Å². The van der Waals surface area contributed by atoms with Crippen LogP contribution in [0, 0.1) is 0 Å².